The Kier molecular flexibility index (Phi) is 4.00. The Bertz CT molecular complexity index is 588. The minimum absolute atomic E-state index is 0.125. The van der Waals surface area contributed by atoms with Crippen molar-refractivity contribution in [2.75, 3.05) is 7.11 Å². The first kappa shape index (κ1) is 13.3. The second-order valence-electron chi connectivity index (χ2n) is 4.55. The van der Waals surface area contributed by atoms with Crippen molar-refractivity contribution in [1.29, 1.82) is 0 Å². The van der Waals surface area contributed by atoms with Gasteiger partial charge in [0, 0.05) is 30.9 Å². The highest BCUT2D eigenvalue weighted by Gasteiger charge is 2.10. The van der Waals surface area contributed by atoms with Gasteiger partial charge in [0.1, 0.15) is 5.75 Å². The third-order valence-corrected chi connectivity index (χ3v) is 3.26. The topological polar surface area (TPSA) is 44.1 Å². The molecule has 0 aliphatic carbocycles. The largest absolute Gasteiger partial charge is 0.496 e. The summed E-state index contributed by atoms with van der Waals surface area (Å²) in [6.45, 7) is 1.96. The van der Waals surface area contributed by atoms with Gasteiger partial charge in [0.2, 0.25) is 0 Å². The summed E-state index contributed by atoms with van der Waals surface area (Å²) in [5, 5.41) is 4.09. The lowest BCUT2D eigenvalue weighted by molar-refractivity contribution is 0.0982. The van der Waals surface area contributed by atoms with Gasteiger partial charge in [-0.25, -0.2) is 0 Å². The Morgan fingerprint density at radius 3 is 2.79 bits per heavy atom. The molecule has 0 unspecified atom stereocenters. The van der Waals surface area contributed by atoms with Gasteiger partial charge in [-0.05, 0) is 31.0 Å². The van der Waals surface area contributed by atoms with Gasteiger partial charge in [-0.1, -0.05) is 12.1 Å². The SMILES string of the molecule is COc1cc(C(=O)CCc2ccnn2C)ccc1C. The van der Waals surface area contributed by atoms with Crippen LogP contribution in [0.2, 0.25) is 0 Å². The molecule has 0 saturated carbocycles. The summed E-state index contributed by atoms with van der Waals surface area (Å²) in [6, 6.07) is 7.50. The quantitative estimate of drug-likeness (QED) is 0.774. The summed E-state index contributed by atoms with van der Waals surface area (Å²) in [4.78, 5) is 12.1. The molecule has 0 saturated heterocycles. The summed E-state index contributed by atoms with van der Waals surface area (Å²) >= 11 is 0. The average molecular weight is 258 g/mol. The number of ether oxygens (including phenoxy) is 1. The smallest absolute Gasteiger partial charge is 0.163 e. The van der Waals surface area contributed by atoms with Crippen molar-refractivity contribution in [2.24, 2.45) is 7.05 Å². The van der Waals surface area contributed by atoms with Crippen LogP contribution in [0.15, 0.2) is 30.5 Å². The molecule has 0 atom stereocenters. The lowest BCUT2D eigenvalue weighted by atomic mass is 10.0. The average Bonchev–Trinajstić information content (AvgIpc) is 2.82. The maximum atomic E-state index is 12.1. The van der Waals surface area contributed by atoms with E-state index >= 15 is 0 Å². The molecule has 0 aliphatic rings. The fraction of sp³-hybridized carbons (Fsp3) is 0.333. The molecule has 2 aromatic rings. The van der Waals surface area contributed by atoms with Crippen molar-refractivity contribution in [1.82, 2.24) is 9.78 Å². The van der Waals surface area contributed by atoms with E-state index in [0.717, 1.165) is 17.0 Å². The van der Waals surface area contributed by atoms with E-state index in [2.05, 4.69) is 5.10 Å². The second-order valence-corrected chi connectivity index (χ2v) is 4.55. The number of aryl methyl sites for hydroxylation is 3. The van der Waals surface area contributed by atoms with Crippen LogP contribution in [0.1, 0.15) is 28.0 Å². The molecule has 19 heavy (non-hydrogen) atoms. The highest BCUT2D eigenvalue weighted by molar-refractivity contribution is 5.96. The van der Waals surface area contributed by atoms with Gasteiger partial charge in [-0.15, -0.1) is 0 Å². The van der Waals surface area contributed by atoms with Gasteiger partial charge >= 0.3 is 0 Å². The zero-order valence-corrected chi connectivity index (χ0v) is 11.5. The molecule has 0 bridgehead atoms. The monoisotopic (exact) mass is 258 g/mol. The first-order chi connectivity index (χ1) is 9.11. The zero-order chi connectivity index (χ0) is 13.8. The molecule has 0 spiro atoms. The summed E-state index contributed by atoms with van der Waals surface area (Å²) in [6.07, 6.45) is 2.92. The van der Waals surface area contributed by atoms with Gasteiger partial charge in [-0.2, -0.15) is 5.10 Å². The first-order valence-corrected chi connectivity index (χ1v) is 6.26. The van der Waals surface area contributed by atoms with Crippen LogP contribution >= 0.6 is 0 Å². The van der Waals surface area contributed by atoms with Crippen LogP contribution in [0.5, 0.6) is 5.75 Å². The van der Waals surface area contributed by atoms with Crippen LogP contribution in [0, 0.1) is 6.92 Å². The van der Waals surface area contributed by atoms with E-state index in [-0.39, 0.29) is 5.78 Å². The van der Waals surface area contributed by atoms with E-state index in [1.807, 2.05) is 32.2 Å². The number of ketones is 1. The highest BCUT2D eigenvalue weighted by Crippen LogP contribution is 2.20. The molecule has 0 amide bonds. The summed E-state index contributed by atoms with van der Waals surface area (Å²) in [5.41, 5.74) is 2.79. The van der Waals surface area contributed by atoms with Gasteiger partial charge in [0.05, 0.1) is 7.11 Å². The van der Waals surface area contributed by atoms with Crippen molar-refractivity contribution >= 4 is 5.78 Å². The van der Waals surface area contributed by atoms with Crippen LogP contribution in [0.3, 0.4) is 0 Å². The van der Waals surface area contributed by atoms with Crippen molar-refractivity contribution in [2.45, 2.75) is 19.8 Å². The number of rotatable bonds is 5. The molecular formula is C15H18N2O2. The van der Waals surface area contributed by atoms with Crippen molar-refractivity contribution in [3.63, 3.8) is 0 Å². The number of nitrogens with zero attached hydrogens (tertiary/aromatic N) is 2. The zero-order valence-electron chi connectivity index (χ0n) is 11.5. The number of hydrogen-bond acceptors (Lipinski definition) is 3. The summed E-state index contributed by atoms with van der Waals surface area (Å²) in [5.74, 6) is 0.880. The van der Waals surface area contributed by atoms with E-state index in [1.54, 1.807) is 24.1 Å². The Morgan fingerprint density at radius 2 is 2.16 bits per heavy atom. The molecule has 2 rings (SSSR count). The highest BCUT2D eigenvalue weighted by atomic mass is 16.5. The van der Waals surface area contributed by atoms with Crippen LogP contribution in [0.25, 0.3) is 0 Å². The van der Waals surface area contributed by atoms with Crippen molar-refractivity contribution < 1.29 is 9.53 Å². The maximum Gasteiger partial charge on any atom is 0.163 e. The Balaban J connectivity index is 2.06. The van der Waals surface area contributed by atoms with Gasteiger partial charge in [0.15, 0.2) is 5.78 Å². The van der Waals surface area contributed by atoms with E-state index in [4.69, 9.17) is 4.74 Å². The first-order valence-electron chi connectivity index (χ1n) is 6.26. The molecule has 0 N–H and O–H groups in total. The number of aromatic nitrogens is 2. The molecular weight excluding hydrogens is 240 g/mol. The number of carbonyl (C=O) groups is 1. The third kappa shape index (κ3) is 3.02. The number of benzene rings is 1. The third-order valence-electron chi connectivity index (χ3n) is 3.26. The normalized spacial score (nSPS) is 10.5. The van der Waals surface area contributed by atoms with Crippen LogP contribution in [-0.4, -0.2) is 22.7 Å². The van der Waals surface area contributed by atoms with E-state index < -0.39 is 0 Å². The number of hydrogen-bond donors (Lipinski definition) is 0. The van der Waals surface area contributed by atoms with Gasteiger partial charge in [0.25, 0.3) is 0 Å². The molecule has 100 valence electrons. The lowest BCUT2D eigenvalue weighted by Crippen LogP contribution is -2.05. The predicted molar refractivity (Wildman–Crippen MR) is 73.6 cm³/mol. The fourth-order valence-electron chi connectivity index (χ4n) is 2.03. The van der Waals surface area contributed by atoms with E-state index in [0.29, 0.717) is 18.4 Å². The van der Waals surface area contributed by atoms with Crippen molar-refractivity contribution in [3.05, 3.63) is 47.3 Å². The molecule has 1 aromatic carbocycles. The number of carbonyl (C=O) groups excluding carboxylic acids is 1. The Labute approximate surface area is 113 Å². The summed E-state index contributed by atoms with van der Waals surface area (Å²) in [7, 11) is 3.50. The van der Waals surface area contributed by atoms with E-state index in [9.17, 15) is 4.79 Å². The minimum Gasteiger partial charge on any atom is -0.496 e. The molecule has 0 fully saturated rings. The molecule has 0 radical (unpaired) electrons. The van der Waals surface area contributed by atoms with Crippen molar-refractivity contribution in [3.8, 4) is 5.75 Å². The molecule has 4 heteroatoms. The van der Waals surface area contributed by atoms with Gasteiger partial charge in [-0.3, -0.25) is 9.48 Å². The summed E-state index contributed by atoms with van der Waals surface area (Å²) < 4.78 is 7.03. The second kappa shape index (κ2) is 5.69. The lowest BCUT2D eigenvalue weighted by Gasteiger charge is -2.07. The van der Waals surface area contributed by atoms with Crippen LogP contribution in [-0.2, 0) is 13.5 Å². The molecule has 0 aliphatic heterocycles. The molecule has 4 nitrogen and oxygen atoms in total. The predicted octanol–water partition coefficient (Wildman–Crippen LogP) is 2.55. The van der Waals surface area contributed by atoms with Crippen LogP contribution in [0.4, 0.5) is 0 Å². The van der Waals surface area contributed by atoms with E-state index in [1.165, 1.54) is 0 Å². The standard InChI is InChI=1S/C15H18N2O2/c1-11-4-5-12(10-15(11)19-3)14(18)7-6-13-8-9-16-17(13)2/h4-5,8-10H,6-7H2,1-3H3. The van der Waals surface area contributed by atoms with Gasteiger partial charge < -0.3 is 4.74 Å². The van der Waals surface area contributed by atoms with Crippen LogP contribution < -0.4 is 4.74 Å². The molecule has 1 aromatic heterocycles. The Morgan fingerprint density at radius 1 is 1.37 bits per heavy atom. The number of Topliss-reactive ketones (excluding diaryl/α,β-unsaturated/α-hetero) is 1. The Hall–Kier alpha value is -2.10. The fourth-order valence-corrected chi connectivity index (χ4v) is 2.03. The molecule has 1 heterocycles. The number of methoxy groups -OCH3 is 1. The maximum absolute atomic E-state index is 12.1. The minimum atomic E-state index is 0.125.